The molecule has 0 spiro atoms. The Hall–Kier alpha value is -3.56. The van der Waals surface area contributed by atoms with E-state index in [-0.39, 0.29) is 12.1 Å². The van der Waals surface area contributed by atoms with Crippen LogP contribution < -0.4 is 4.90 Å². The number of rotatable bonds is 2. The van der Waals surface area contributed by atoms with Crippen LogP contribution in [0, 0.1) is 11.8 Å². The molecule has 3 aromatic carbocycles. The molecule has 30 heavy (non-hydrogen) atoms. The maximum Gasteiger partial charge on any atom is 0.416 e. The Bertz CT molecular complexity index is 1140. The molecule has 0 aromatic heterocycles. The topological polar surface area (TPSA) is 40.5 Å². The lowest BCUT2D eigenvalue weighted by atomic mass is 9.95. The molecule has 1 unspecified atom stereocenters. The second-order valence-electron chi connectivity index (χ2n) is 6.93. The highest BCUT2D eigenvalue weighted by atomic mass is 19.4. The van der Waals surface area contributed by atoms with E-state index >= 15 is 0 Å². The van der Waals surface area contributed by atoms with Crippen molar-refractivity contribution in [2.75, 3.05) is 4.90 Å². The van der Waals surface area contributed by atoms with Gasteiger partial charge in [-0.05, 0) is 41.8 Å². The van der Waals surface area contributed by atoms with Crippen molar-refractivity contribution in [1.29, 1.82) is 0 Å². The van der Waals surface area contributed by atoms with Crippen LogP contribution in [0.3, 0.4) is 0 Å². The monoisotopic (exact) mass is 407 g/mol. The van der Waals surface area contributed by atoms with Crippen molar-refractivity contribution in [1.82, 2.24) is 0 Å². The Labute approximate surface area is 171 Å². The number of amides is 1. The van der Waals surface area contributed by atoms with E-state index in [4.69, 9.17) is 0 Å². The normalized spacial score (nSPS) is 18.0. The molecule has 1 heterocycles. The van der Waals surface area contributed by atoms with Crippen molar-refractivity contribution < 1.29 is 23.1 Å². The van der Waals surface area contributed by atoms with Gasteiger partial charge in [0.2, 0.25) is 5.60 Å². The van der Waals surface area contributed by atoms with Gasteiger partial charge in [-0.3, -0.25) is 4.79 Å². The van der Waals surface area contributed by atoms with Crippen molar-refractivity contribution in [3.63, 3.8) is 0 Å². The number of fused-ring (bicyclic) bond motifs is 1. The number of hydrogen-bond donors (Lipinski definition) is 1. The van der Waals surface area contributed by atoms with E-state index in [1.54, 1.807) is 24.3 Å². The van der Waals surface area contributed by atoms with Gasteiger partial charge >= 0.3 is 6.18 Å². The first-order chi connectivity index (χ1) is 14.3. The summed E-state index contributed by atoms with van der Waals surface area (Å²) in [6.07, 6.45) is -4.44. The highest BCUT2D eigenvalue weighted by Gasteiger charge is 2.48. The number of benzene rings is 3. The van der Waals surface area contributed by atoms with E-state index in [9.17, 15) is 23.1 Å². The fourth-order valence-corrected chi connectivity index (χ4v) is 3.38. The molecule has 3 aromatic rings. The highest BCUT2D eigenvalue weighted by Crippen LogP contribution is 2.40. The number of hydrogen-bond acceptors (Lipinski definition) is 2. The summed E-state index contributed by atoms with van der Waals surface area (Å²) in [5.41, 5.74) is -0.804. The molecule has 1 amide bonds. The van der Waals surface area contributed by atoms with Gasteiger partial charge in [-0.2, -0.15) is 13.2 Å². The van der Waals surface area contributed by atoms with Crippen molar-refractivity contribution >= 4 is 11.6 Å². The number of carbonyl (C=O) groups excluding carboxylic acids is 1. The number of nitrogens with zero attached hydrogens (tertiary/aromatic N) is 1. The molecule has 6 heteroatoms. The van der Waals surface area contributed by atoms with Crippen LogP contribution in [0.1, 0.15) is 22.3 Å². The van der Waals surface area contributed by atoms with Gasteiger partial charge in [-0.15, -0.1) is 0 Å². The average molecular weight is 407 g/mol. The van der Waals surface area contributed by atoms with Crippen LogP contribution >= 0.6 is 0 Å². The van der Waals surface area contributed by atoms with Gasteiger partial charge in [0.25, 0.3) is 5.91 Å². The number of para-hydroxylation sites is 1. The Morgan fingerprint density at radius 2 is 1.53 bits per heavy atom. The van der Waals surface area contributed by atoms with E-state index in [0.29, 0.717) is 11.3 Å². The fraction of sp³-hybridized carbons (Fsp3) is 0.125. The van der Waals surface area contributed by atoms with Crippen molar-refractivity contribution in [3.8, 4) is 11.8 Å². The van der Waals surface area contributed by atoms with Crippen LogP contribution in [-0.4, -0.2) is 11.0 Å². The first-order valence-electron chi connectivity index (χ1n) is 9.17. The van der Waals surface area contributed by atoms with E-state index < -0.39 is 23.2 Å². The molecule has 0 bridgehead atoms. The zero-order valence-electron chi connectivity index (χ0n) is 15.6. The molecule has 1 atom stereocenters. The van der Waals surface area contributed by atoms with Crippen molar-refractivity contribution in [2.24, 2.45) is 0 Å². The molecular weight excluding hydrogens is 391 g/mol. The van der Waals surface area contributed by atoms with Gasteiger partial charge in [0.05, 0.1) is 17.8 Å². The van der Waals surface area contributed by atoms with E-state index in [0.717, 1.165) is 17.7 Å². The average Bonchev–Trinajstić information content (AvgIpc) is 2.95. The standard InChI is InChI=1S/C24H16F3NO2/c25-24(26,27)19-12-10-17(11-13-19)14-15-23(30)20-8-4-5-9-21(20)28(22(23)29)16-18-6-2-1-3-7-18/h1-13,30H,16H2. The molecule has 4 rings (SSSR count). The minimum Gasteiger partial charge on any atom is -0.366 e. The minimum absolute atomic E-state index is 0.265. The second kappa shape index (κ2) is 7.36. The third-order valence-electron chi connectivity index (χ3n) is 4.92. The molecule has 0 fully saturated rings. The van der Waals surface area contributed by atoms with E-state index in [1.165, 1.54) is 17.0 Å². The molecule has 0 radical (unpaired) electrons. The largest absolute Gasteiger partial charge is 0.416 e. The summed E-state index contributed by atoms with van der Waals surface area (Å²) in [7, 11) is 0. The molecule has 1 N–H and O–H groups in total. The van der Waals surface area contributed by atoms with Gasteiger partial charge in [0, 0.05) is 11.1 Å². The quantitative estimate of drug-likeness (QED) is 0.636. The minimum atomic E-state index is -4.44. The van der Waals surface area contributed by atoms with Gasteiger partial charge in [-0.25, -0.2) is 0 Å². The summed E-state index contributed by atoms with van der Waals surface area (Å²) < 4.78 is 38.2. The molecular formula is C24H16F3NO2. The molecule has 3 nitrogen and oxygen atoms in total. The summed E-state index contributed by atoms with van der Waals surface area (Å²) >= 11 is 0. The third kappa shape index (κ3) is 3.56. The third-order valence-corrected chi connectivity index (χ3v) is 4.92. The summed E-state index contributed by atoms with van der Waals surface area (Å²) in [4.78, 5) is 14.6. The maximum atomic E-state index is 13.1. The van der Waals surface area contributed by atoms with Gasteiger partial charge in [0.15, 0.2) is 0 Å². The van der Waals surface area contributed by atoms with Crippen LogP contribution in [0.5, 0.6) is 0 Å². The lowest BCUT2D eigenvalue weighted by Crippen LogP contribution is -2.39. The van der Waals surface area contributed by atoms with Crippen LogP contribution in [-0.2, 0) is 23.1 Å². The molecule has 1 aliphatic heterocycles. The van der Waals surface area contributed by atoms with Crippen LogP contribution in [0.25, 0.3) is 0 Å². The van der Waals surface area contributed by atoms with Crippen LogP contribution in [0.15, 0.2) is 78.9 Å². The Morgan fingerprint density at radius 1 is 0.900 bits per heavy atom. The van der Waals surface area contributed by atoms with Crippen LogP contribution in [0.4, 0.5) is 18.9 Å². The SMILES string of the molecule is O=C1N(Cc2ccccc2)c2ccccc2C1(O)C#Cc1ccc(C(F)(F)F)cc1. The lowest BCUT2D eigenvalue weighted by molar-refractivity contribution is -0.137. The fourth-order valence-electron chi connectivity index (χ4n) is 3.38. The molecule has 150 valence electrons. The summed E-state index contributed by atoms with van der Waals surface area (Å²) in [6, 6.07) is 20.4. The van der Waals surface area contributed by atoms with E-state index in [1.807, 2.05) is 30.3 Å². The number of carbonyl (C=O) groups is 1. The van der Waals surface area contributed by atoms with Crippen molar-refractivity contribution in [3.05, 3.63) is 101 Å². The molecule has 0 saturated carbocycles. The number of anilines is 1. The number of alkyl halides is 3. The van der Waals surface area contributed by atoms with Gasteiger partial charge in [-0.1, -0.05) is 54.5 Å². The second-order valence-corrected chi connectivity index (χ2v) is 6.93. The summed E-state index contributed by atoms with van der Waals surface area (Å²) in [5.74, 6) is 4.64. The molecule has 1 aliphatic rings. The smallest absolute Gasteiger partial charge is 0.366 e. The predicted molar refractivity (Wildman–Crippen MR) is 106 cm³/mol. The maximum absolute atomic E-state index is 13.1. The summed E-state index contributed by atoms with van der Waals surface area (Å²) in [6.45, 7) is 0.265. The predicted octanol–water partition coefficient (Wildman–Crippen LogP) is 4.49. The summed E-state index contributed by atoms with van der Waals surface area (Å²) in [5, 5.41) is 11.2. The number of aliphatic hydroxyl groups is 1. The van der Waals surface area contributed by atoms with E-state index in [2.05, 4.69) is 11.8 Å². The Balaban J connectivity index is 1.68. The first kappa shape index (κ1) is 19.7. The highest BCUT2D eigenvalue weighted by molar-refractivity contribution is 6.09. The zero-order chi connectivity index (χ0) is 21.4. The van der Waals surface area contributed by atoms with Crippen molar-refractivity contribution in [2.45, 2.75) is 18.3 Å². The first-order valence-corrected chi connectivity index (χ1v) is 9.17. The van der Waals surface area contributed by atoms with Gasteiger partial charge < -0.3 is 10.0 Å². The van der Waals surface area contributed by atoms with Gasteiger partial charge in [0.1, 0.15) is 0 Å². The Kier molecular flexibility index (Phi) is 4.84. The molecule has 0 aliphatic carbocycles. The lowest BCUT2D eigenvalue weighted by Gasteiger charge is -2.19. The van der Waals surface area contributed by atoms with Crippen LogP contribution in [0.2, 0.25) is 0 Å². The molecule has 0 saturated heterocycles. The number of halogens is 3. The Morgan fingerprint density at radius 3 is 2.20 bits per heavy atom. The zero-order valence-corrected chi connectivity index (χ0v) is 15.6.